The highest BCUT2D eigenvalue weighted by Gasteiger charge is 2.40. The van der Waals surface area contributed by atoms with E-state index in [4.69, 9.17) is 14.4 Å². The largest absolute Gasteiger partial charge is 0.481 e. The summed E-state index contributed by atoms with van der Waals surface area (Å²) in [6.07, 6.45) is 0.956. The summed E-state index contributed by atoms with van der Waals surface area (Å²) in [6.45, 7) is 10.3. The molecular formula is C40H40N6O5S. The maximum atomic E-state index is 13.0. The molecular weight excluding hydrogens is 677 g/mol. The van der Waals surface area contributed by atoms with Gasteiger partial charge in [0.25, 0.3) is 0 Å². The van der Waals surface area contributed by atoms with E-state index < -0.39 is 11.4 Å². The quantitative estimate of drug-likeness (QED) is 0.197. The molecule has 2 N–H and O–H groups in total. The predicted octanol–water partition coefficient (Wildman–Crippen LogP) is 5.98. The molecule has 8 rings (SSSR count). The number of thiazole rings is 1. The molecule has 5 heterocycles. The highest BCUT2D eigenvalue weighted by atomic mass is 32.1. The van der Waals surface area contributed by atoms with E-state index in [-0.39, 0.29) is 12.0 Å². The Hall–Kier alpha value is -4.93. The van der Waals surface area contributed by atoms with Gasteiger partial charge in [-0.05, 0) is 86.2 Å². The minimum atomic E-state index is -0.784. The van der Waals surface area contributed by atoms with Crippen LogP contribution in [0.2, 0.25) is 0 Å². The molecule has 11 nitrogen and oxygen atoms in total. The lowest BCUT2D eigenvalue weighted by atomic mass is 9.90. The first kappa shape index (κ1) is 34.2. The number of likely N-dealkylation sites (tertiary alicyclic amines) is 2. The van der Waals surface area contributed by atoms with Crippen molar-refractivity contribution in [2.24, 2.45) is 5.41 Å². The van der Waals surface area contributed by atoms with Gasteiger partial charge in [-0.3, -0.25) is 19.4 Å². The van der Waals surface area contributed by atoms with Crippen LogP contribution in [0.15, 0.2) is 52.9 Å². The van der Waals surface area contributed by atoms with Crippen molar-refractivity contribution >= 4 is 34.3 Å². The summed E-state index contributed by atoms with van der Waals surface area (Å²) in [5, 5.41) is 30.5. The van der Waals surface area contributed by atoms with Gasteiger partial charge >= 0.3 is 5.97 Å². The normalized spacial score (nSPS) is 20.5. The first-order valence-electron chi connectivity index (χ1n) is 17.7. The van der Waals surface area contributed by atoms with Crippen molar-refractivity contribution in [3.05, 3.63) is 81.4 Å². The van der Waals surface area contributed by atoms with Crippen LogP contribution >= 0.6 is 11.3 Å². The molecule has 5 aromatic rings. The van der Waals surface area contributed by atoms with E-state index in [2.05, 4.69) is 49.1 Å². The maximum Gasteiger partial charge on any atom is 0.310 e. The molecule has 0 spiro atoms. The number of aromatic nitrogens is 2. The molecule has 2 saturated heterocycles. The van der Waals surface area contributed by atoms with E-state index in [9.17, 15) is 25.1 Å². The molecule has 12 heteroatoms. The first-order valence-corrected chi connectivity index (χ1v) is 18.5. The van der Waals surface area contributed by atoms with Crippen molar-refractivity contribution in [1.29, 1.82) is 5.26 Å². The second-order valence-electron chi connectivity index (χ2n) is 14.7. The second kappa shape index (κ2) is 13.2. The van der Waals surface area contributed by atoms with E-state index in [0.717, 1.165) is 61.1 Å². The average Bonchev–Trinajstić information content (AvgIpc) is 3.95. The number of nitrogens with zero attached hydrogens (tertiary/aromatic N) is 6. The van der Waals surface area contributed by atoms with Gasteiger partial charge in [0.1, 0.15) is 16.6 Å². The Bertz CT molecular complexity index is 2270. The molecule has 0 aliphatic carbocycles. The molecule has 2 atom stereocenters. The van der Waals surface area contributed by atoms with Crippen molar-refractivity contribution in [3.63, 3.8) is 0 Å². The van der Waals surface area contributed by atoms with Gasteiger partial charge in [-0.1, -0.05) is 30.3 Å². The summed E-state index contributed by atoms with van der Waals surface area (Å²) in [5.74, 6) is -0.273. The van der Waals surface area contributed by atoms with Crippen LogP contribution in [-0.2, 0) is 29.2 Å². The number of fused-ring (bicyclic) bond motifs is 2. The maximum absolute atomic E-state index is 13.0. The van der Waals surface area contributed by atoms with Crippen molar-refractivity contribution in [1.82, 2.24) is 24.7 Å². The number of hydrogen-bond donors (Lipinski definition) is 2. The number of rotatable bonds is 8. The third kappa shape index (κ3) is 6.17. The second-order valence-corrected chi connectivity index (χ2v) is 15.8. The summed E-state index contributed by atoms with van der Waals surface area (Å²) < 4.78 is 6.29. The Morgan fingerprint density at radius 2 is 1.75 bits per heavy atom. The summed E-state index contributed by atoms with van der Waals surface area (Å²) >= 11 is 1.64. The van der Waals surface area contributed by atoms with Crippen molar-refractivity contribution in [2.45, 2.75) is 59.4 Å². The molecule has 2 aromatic heterocycles. The topological polar surface area (TPSA) is 147 Å². The fourth-order valence-electron chi connectivity index (χ4n) is 7.90. The molecule has 0 radical (unpaired) electrons. The van der Waals surface area contributed by atoms with E-state index in [1.165, 1.54) is 0 Å². The van der Waals surface area contributed by atoms with Crippen LogP contribution in [0, 0.1) is 30.6 Å². The van der Waals surface area contributed by atoms with Crippen molar-refractivity contribution in [3.8, 4) is 39.2 Å². The first-order chi connectivity index (χ1) is 25.0. The Labute approximate surface area is 305 Å². The Morgan fingerprint density at radius 3 is 2.42 bits per heavy atom. The predicted molar refractivity (Wildman–Crippen MR) is 197 cm³/mol. The van der Waals surface area contributed by atoms with Gasteiger partial charge < -0.3 is 19.5 Å². The summed E-state index contributed by atoms with van der Waals surface area (Å²) in [7, 11) is 0. The smallest absolute Gasteiger partial charge is 0.310 e. The van der Waals surface area contributed by atoms with E-state index >= 15 is 0 Å². The number of nitriles is 1. The lowest BCUT2D eigenvalue weighted by Crippen LogP contribution is -2.37. The van der Waals surface area contributed by atoms with E-state index in [1.54, 1.807) is 18.3 Å². The van der Waals surface area contributed by atoms with Gasteiger partial charge in [0.05, 0.1) is 42.4 Å². The lowest BCUT2D eigenvalue weighted by molar-refractivity contribution is -0.147. The van der Waals surface area contributed by atoms with Crippen LogP contribution in [0.1, 0.15) is 52.6 Å². The van der Waals surface area contributed by atoms with Gasteiger partial charge in [0.2, 0.25) is 11.8 Å². The van der Waals surface area contributed by atoms with E-state index in [0.29, 0.717) is 81.2 Å². The van der Waals surface area contributed by atoms with Gasteiger partial charge in [0.15, 0.2) is 5.58 Å². The molecule has 0 unspecified atom stereocenters. The monoisotopic (exact) mass is 716 g/mol. The number of oxazole rings is 1. The zero-order valence-electron chi connectivity index (χ0n) is 29.5. The van der Waals surface area contributed by atoms with Crippen LogP contribution in [-0.4, -0.2) is 85.6 Å². The molecule has 0 bridgehead atoms. The average molecular weight is 717 g/mol. The zero-order valence-corrected chi connectivity index (χ0v) is 30.3. The Morgan fingerprint density at radius 1 is 1.02 bits per heavy atom. The van der Waals surface area contributed by atoms with Crippen LogP contribution < -0.4 is 0 Å². The molecule has 266 valence electrons. The molecule has 1 amide bonds. The Balaban J connectivity index is 1.04. The fraction of sp³-hybridized carbons (Fsp3) is 0.375. The highest BCUT2D eigenvalue weighted by molar-refractivity contribution is 7.15. The number of carbonyl (C=O) groups is 2. The zero-order chi connectivity index (χ0) is 36.3. The molecule has 3 aliphatic heterocycles. The Kier molecular flexibility index (Phi) is 8.70. The number of aliphatic hydroxyl groups is 1. The van der Waals surface area contributed by atoms with Crippen molar-refractivity contribution in [2.75, 3.05) is 32.7 Å². The number of carboxylic acid groups (broad SMARTS) is 1. The molecule has 3 aromatic carbocycles. The highest BCUT2D eigenvalue weighted by Crippen LogP contribution is 2.41. The number of carboxylic acids is 1. The number of hydrogen-bond acceptors (Lipinski definition) is 10. The molecule has 52 heavy (non-hydrogen) atoms. The SMILES string of the molecule is Cc1c(-c2nc3cc(CN4CC[C@@](C)(C(=O)O)C4)cc(C#N)c3o2)cccc1-c1cccc(-c2nc3c(s2)CN(C(=O)CN2CC[C@@H](O)C2)C3)c1C. The summed E-state index contributed by atoms with van der Waals surface area (Å²) in [5.41, 5.74) is 8.63. The molecule has 0 saturated carbocycles. The van der Waals surface area contributed by atoms with Gasteiger partial charge in [0, 0.05) is 42.2 Å². The van der Waals surface area contributed by atoms with Gasteiger partial charge in [-0.25, -0.2) is 9.97 Å². The minimum Gasteiger partial charge on any atom is -0.481 e. The number of amides is 1. The van der Waals surface area contributed by atoms with Crippen LogP contribution in [0.4, 0.5) is 0 Å². The third-order valence-corrected chi connectivity index (χ3v) is 12.1. The summed E-state index contributed by atoms with van der Waals surface area (Å²) in [4.78, 5) is 41.7. The van der Waals surface area contributed by atoms with Crippen molar-refractivity contribution < 1.29 is 24.2 Å². The van der Waals surface area contributed by atoms with Gasteiger partial charge in [-0.2, -0.15) is 5.26 Å². The van der Waals surface area contributed by atoms with E-state index in [1.807, 2.05) is 34.1 Å². The fourth-order valence-corrected chi connectivity index (χ4v) is 9.07. The van der Waals surface area contributed by atoms with Crippen LogP contribution in [0.3, 0.4) is 0 Å². The molecule has 2 fully saturated rings. The standard InChI is InChI=1S/C40H40N6O5S/c1-23-28(29-7-5-9-31(24(29)2)38-43-33-19-46(20-34(33)52-38)35(48)21-44-12-10-27(47)18-44)6-4-8-30(23)37-42-32-15-25(14-26(16-41)36(32)51-37)17-45-13-11-40(3,22-45)39(49)50/h4-9,14-15,27,47H,10-13,17-22H2,1-3H3,(H,49,50)/t27-,40-/m1/s1. The van der Waals surface area contributed by atoms with Crippen LogP contribution in [0.5, 0.6) is 0 Å². The lowest BCUT2D eigenvalue weighted by Gasteiger charge is -2.20. The number of benzene rings is 3. The number of aliphatic carboxylic acids is 1. The minimum absolute atomic E-state index is 0.0739. The number of carbonyl (C=O) groups excluding carboxylic acids is 1. The third-order valence-electron chi connectivity index (χ3n) is 11.0. The number of β-amino-alcohol motifs (C(OH)–C–C–N with tert-alkyl or cyclic N) is 1. The number of aliphatic hydroxyl groups excluding tert-OH is 1. The van der Waals surface area contributed by atoms with Crippen LogP contribution in [0.25, 0.3) is 44.3 Å². The van der Waals surface area contributed by atoms with Gasteiger partial charge in [-0.15, -0.1) is 11.3 Å². The summed E-state index contributed by atoms with van der Waals surface area (Å²) in [6, 6.07) is 18.4. The molecule has 3 aliphatic rings.